The molecule has 0 aliphatic carbocycles. The molecule has 0 aliphatic rings. The Labute approximate surface area is 244 Å². The predicted molar refractivity (Wildman–Crippen MR) is 162 cm³/mol. The van der Waals surface area contributed by atoms with Gasteiger partial charge in [0.1, 0.15) is 6.54 Å². The maximum Gasteiger partial charge on any atom is 0.254 e. The summed E-state index contributed by atoms with van der Waals surface area (Å²) in [5.41, 5.74) is 3.91. The van der Waals surface area contributed by atoms with Gasteiger partial charge in [-0.05, 0) is 62.1 Å². The Morgan fingerprint density at radius 2 is 1.63 bits per heavy atom. The topological polar surface area (TPSA) is 73.2 Å². The van der Waals surface area contributed by atoms with Crippen molar-refractivity contribution in [2.24, 2.45) is 0 Å². The summed E-state index contributed by atoms with van der Waals surface area (Å²) in [6.07, 6.45) is 4.55. The SMILES string of the molecule is CCCCN(CC(=O)N(Cc1cccn1Cc1ccccc1C)C(C)CC)C(=O)c1cc(OC)c(OC)c(OC)c1. The van der Waals surface area contributed by atoms with Gasteiger partial charge in [0.2, 0.25) is 11.7 Å². The van der Waals surface area contributed by atoms with E-state index in [0.29, 0.717) is 35.9 Å². The molecule has 0 radical (unpaired) electrons. The van der Waals surface area contributed by atoms with Gasteiger partial charge in [0.15, 0.2) is 11.5 Å². The molecule has 0 fully saturated rings. The third kappa shape index (κ3) is 7.84. The minimum atomic E-state index is -0.252. The van der Waals surface area contributed by atoms with E-state index in [4.69, 9.17) is 14.2 Å². The average Bonchev–Trinajstić information content (AvgIpc) is 3.43. The predicted octanol–water partition coefficient (Wildman–Crippen LogP) is 5.94. The van der Waals surface area contributed by atoms with Crippen molar-refractivity contribution in [1.82, 2.24) is 14.4 Å². The number of nitrogens with zero attached hydrogens (tertiary/aromatic N) is 3. The van der Waals surface area contributed by atoms with Crippen LogP contribution in [0.15, 0.2) is 54.7 Å². The normalized spacial score (nSPS) is 11.6. The van der Waals surface area contributed by atoms with Gasteiger partial charge in [-0.3, -0.25) is 9.59 Å². The summed E-state index contributed by atoms with van der Waals surface area (Å²) in [6, 6.07) is 15.7. The average molecular weight is 564 g/mol. The van der Waals surface area contributed by atoms with E-state index < -0.39 is 0 Å². The van der Waals surface area contributed by atoms with Gasteiger partial charge in [0.25, 0.3) is 5.91 Å². The van der Waals surface area contributed by atoms with Crippen LogP contribution in [-0.4, -0.2) is 66.6 Å². The van der Waals surface area contributed by atoms with Crippen LogP contribution < -0.4 is 14.2 Å². The van der Waals surface area contributed by atoms with Crippen molar-refractivity contribution < 1.29 is 23.8 Å². The van der Waals surface area contributed by atoms with Crippen molar-refractivity contribution in [3.8, 4) is 17.2 Å². The van der Waals surface area contributed by atoms with Gasteiger partial charge < -0.3 is 28.6 Å². The molecule has 0 aliphatic heterocycles. The fourth-order valence-electron chi connectivity index (χ4n) is 4.85. The Kier molecular flexibility index (Phi) is 11.7. The lowest BCUT2D eigenvalue weighted by molar-refractivity contribution is -0.134. The number of carbonyl (C=O) groups is 2. The fraction of sp³-hybridized carbons (Fsp3) is 0.455. The van der Waals surface area contributed by atoms with Crippen LogP contribution in [-0.2, 0) is 17.9 Å². The van der Waals surface area contributed by atoms with Crippen molar-refractivity contribution in [2.45, 2.75) is 66.1 Å². The second-order valence-electron chi connectivity index (χ2n) is 10.3. The van der Waals surface area contributed by atoms with Crippen LogP contribution in [0.5, 0.6) is 17.2 Å². The summed E-state index contributed by atoms with van der Waals surface area (Å²) >= 11 is 0. The molecule has 0 spiro atoms. The van der Waals surface area contributed by atoms with Gasteiger partial charge >= 0.3 is 0 Å². The molecule has 0 bridgehead atoms. The maximum absolute atomic E-state index is 13.9. The summed E-state index contributed by atoms with van der Waals surface area (Å²) < 4.78 is 18.5. The summed E-state index contributed by atoms with van der Waals surface area (Å²) in [6.45, 7) is 9.97. The number of benzene rings is 2. The highest BCUT2D eigenvalue weighted by Crippen LogP contribution is 2.38. The van der Waals surface area contributed by atoms with Crippen LogP contribution in [0.4, 0.5) is 0 Å². The molecule has 222 valence electrons. The highest BCUT2D eigenvalue weighted by molar-refractivity contribution is 5.97. The number of unbranched alkanes of at least 4 members (excludes halogenated alkanes) is 1. The van der Waals surface area contributed by atoms with Crippen LogP contribution in [0.1, 0.15) is 67.2 Å². The first-order chi connectivity index (χ1) is 19.8. The quantitative estimate of drug-likeness (QED) is 0.229. The lowest BCUT2D eigenvalue weighted by atomic mass is 10.1. The first kappa shape index (κ1) is 31.6. The number of rotatable bonds is 15. The van der Waals surface area contributed by atoms with Crippen LogP contribution in [0.3, 0.4) is 0 Å². The molecule has 2 aromatic carbocycles. The number of hydrogen-bond donors (Lipinski definition) is 0. The Bertz CT molecular complexity index is 1280. The summed E-state index contributed by atoms with van der Waals surface area (Å²) in [4.78, 5) is 31.2. The van der Waals surface area contributed by atoms with Crippen molar-refractivity contribution in [3.05, 3.63) is 77.1 Å². The maximum atomic E-state index is 13.9. The highest BCUT2D eigenvalue weighted by Gasteiger charge is 2.27. The van der Waals surface area contributed by atoms with Crippen molar-refractivity contribution in [1.29, 1.82) is 0 Å². The van der Waals surface area contributed by atoms with E-state index >= 15 is 0 Å². The van der Waals surface area contributed by atoms with E-state index in [2.05, 4.69) is 62.7 Å². The van der Waals surface area contributed by atoms with Crippen LogP contribution >= 0.6 is 0 Å². The van der Waals surface area contributed by atoms with E-state index in [0.717, 1.165) is 31.5 Å². The molecule has 0 saturated carbocycles. The molecule has 41 heavy (non-hydrogen) atoms. The fourth-order valence-corrected chi connectivity index (χ4v) is 4.85. The second-order valence-corrected chi connectivity index (χ2v) is 10.3. The molecule has 2 amide bonds. The molecule has 1 unspecified atom stereocenters. The van der Waals surface area contributed by atoms with Gasteiger partial charge in [-0.15, -0.1) is 0 Å². The van der Waals surface area contributed by atoms with Gasteiger partial charge in [0, 0.05) is 36.6 Å². The molecule has 8 nitrogen and oxygen atoms in total. The standard InChI is InChI=1S/C33H45N3O5/c1-8-10-17-35(33(38)27-19-29(39-5)32(41-7)30(20-27)40-6)23-31(37)36(25(4)9-2)22-28-16-13-18-34(28)21-26-15-12-11-14-24(26)3/h11-16,18-20,25H,8-10,17,21-23H2,1-7H3. The van der Waals surface area contributed by atoms with E-state index in [9.17, 15) is 9.59 Å². The molecular weight excluding hydrogens is 518 g/mol. The van der Waals surface area contributed by atoms with Crippen molar-refractivity contribution >= 4 is 11.8 Å². The minimum Gasteiger partial charge on any atom is -0.493 e. The van der Waals surface area contributed by atoms with Gasteiger partial charge in [-0.1, -0.05) is 44.5 Å². The van der Waals surface area contributed by atoms with Crippen molar-refractivity contribution in [2.75, 3.05) is 34.4 Å². The minimum absolute atomic E-state index is 0.00798. The third-order valence-electron chi connectivity index (χ3n) is 7.61. The summed E-state index contributed by atoms with van der Waals surface area (Å²) in [5, 5.41) is 0. The molecule has 1 atom stereocenters. The van der Waals surface area contributed by atoms with Gasteiger partial charge in [0.05, 0.1) is 27.9 Å². The van der Waals surface area contributed by atoms with E-state index in [-0.39, 0.29) is 24.4 Å². The van der Waals surface area contributed by atoms with E-state index in [1.165, 1.54) is 32.5 Å². The number of carbonyl (C=O) groups excluding carboxylic acids is 2. The van der Waals surface area contributed by atoms with Crippen molar-refractivity contribution in [3.63, 3.8) is 0 Å². The summed E-state index contributed by atoms with van der Waals surface area (Å²) in [5.74, 6) is 0.873. The van der Waals surface area contributed by atoms with Crippen LogP contribution in [0, 0.1) is 6.92 Å². The zero-order chi connectivity index (χ0) is 29.9. The Morgan fingerprint density at radius 3 is 2.22 bits per heavy atom. The lowest BCUT2D eigenvalue weighted by Crippen LogP contribution is -2.46. The first-order valence-electron chi connectivity index (χ1n) is 14.3. The Hall–Kier alpha value is -3.94. The van der Waals surface area contributed by atoms with Gasteiger partial charge in [-0.2, -0.15) is 0 Å². The van der Waals surface area contributed by atoms with Gasteiger partial charge in [-0.25, -0.2) is 0 Å². The largest absolute Gasteiger partial charge is 0.493 e. The summed E-state index contributed by atoms with van der Waals surface area (Å²) in [7, 11) is 4.56. The van der Waals surface area contributed by atoms with E-state index in [1.54, 1.807) is 17.0 Å². The monoisotopic (exact) mass is 563 g/mol. The second kappa shape index (κ2) is 15.2. The molecular formula is C33H45N3O5. The Balaban J connectivity index is 1.87. The third-order valence-corrected chi connectivity index (χ3v) is 7.61. The zero-order valence-electron chi connectivity index (χ0n) is 25.6. The number of hydrogen-bond acceptors (Lipinski definition) is 5. The number of aromatic nitrogens is 1. The van der Waals surface area contributed by atoms with E-state index in [1.807, 2.05) is 17.0 Å². The molecule has 3 rings (SSSR count). The number of ether oxygens (including phenoxy) is 3. The molecule has 3 aromatic rings. The number of amides is 2. The first-order valence-corrected chi connectivity index (χ1v) is 14.3. The smallest absolute Gasteiger partial charge is 0.254 e. The zero-order valence-corrected chi connectivity index (χ0v) is 25.6. The highest BCUT2D eigenvalue weighted by atomic mass is 16.5. The molecule has 1 aromatic heterocycles. The molecule has 0 saturated heterocycles. The lowest BCUT2D eigenvalue weighted by Gasteiger charge is -2.32. The number of methoxy groups -OCH3 is 3. The van der Waals surface area contributed by atoms with Crippen LogP contribution in [0.2, 0.25) is 0 Å². The molecule has 0 N–H and O–H groups in total. The molecule has 1 heterocycles. The Morgan fingerprint density at radius 1 is 0.951 bits per heavy atom. The number of aryl methyl sites for hydroxylation is 1. The molecule has 8 heteroatoms. The van der Waals surface area contributed by atoms with Crippen LogP contribution in [0.25, 0.3) is 0 Å².